The first-order valence-corrected chi connectivity index (χ1v) is 7.33. The van der Waals surface area contributed by atoms with Crippen LogP contribution >= 0.6 is 27.3 Å². The highest BCUT2D eigenvalue weighted by atomic mass is 79.9. The van der Waals surface area contributed by atoms with E-state index in [4.69, 9.17) is 4.74 Å². The minimum atomic E-state index is 0.773. The third kappa shape index (κ3) is 3.58. The number of ether oxygens (including phenoxy) is 1. The Balaban J connectivity index is 1.68. The van der Waals surface area contributed by atoms with Crippen molar-refractivity contribution in [2.24, 2.45) is 5.92 Å². The van der Waals surface area contributed by atoms with E-state index in [1.807, 2.05) is 0 Å². The number of hydrogen-bond acceptors (Lipinski definition) is 2. The Morgan fingerprint density at radius 2 is 2.13 bits per heavy atom. The SMILES string of the molecule is Brc1ccsc1COCC1CCCCC1. The second-order valence-corrected chi connectivity index (χ2v) is 6.07. The Morgan fingerprint density at radius 3 is 2.80 bits per heavy atom. The highest BCUT2D eigenvalue weighted by Gasteiger charge is 2.13. The van der Waals surface area contributed by atoms with Crippen LogP contribution in [0.2, 0.25) is 0 Å². The lowest BCUT2D eigenvalue weighted by Crippen LogP contribution is -2.13. The average molecular weight is 289 g/mol. The summed E-state index contributed by atoms with van der Waals surface area (Å²) in [5.41, 5.74) is 0. The van der Waals surface area contributed by atoms with Crippen LogP contribution in [0.5, 0.6) is 0 Å². The first-order valence-electron chi connectivity index (χ1n) is 5.66. The molecule has 3 heteroatoms. The van der Waals surface area contributed by atoms with E-state index >= 15 is 0 Å². The van der Waals surface area contributed by atoms with Gasteiger partial charge in [-0.3, -0.25) is 0 Å². The van der Waals surface area contributed by atoms with Crippen molar-refractivity contribution in [3.8, 4) is 0 Å². The van der Waals surface area contributed by atoms with E-state index in [2.05, 4.69) is 27.4 Å². The lowest BCUT2D eigenvalue weighted by atomic mass is 9.90. The Bertz CT molecular complexity index is 292. The van der Waals surface area contributed by atoms with Gasteiger partial charge in [-0.05, 0) is 46.1 Å². The Kier molecular flexibility index (Phi) is 4.66. The third-order valence-electron chi connectivity index (χ3n) is 3.00. The molecule has 0 atom stereocenters. The van der Waals surface area contributed by atoms with E-state index in [1.54, 1.807) is 11.3 Å². The molecule has 2 rings (SSSR count). The van der Waals surface area contributed by atoms with E-state index in [0.29, 0.717) is 0 Å². The molecule has 0 bridgehead atoms. The maximum absolute atomic E-state index is 5.78. The zero-order valence-corrected chi connectivity index (χ0v) is 11.3. The topological polar surface area (TPSA) is 9.23 Å². The van der Waals surface area contributed by atoms with Crippen LogP contribution in [-0.2, 0) is 11.3 Å². The second-order valence-electron chi connectivity index (χ2n) is 4.21. The maximum atomic E-state index is 5.78. The lowest BCUT2D eigenvalue weighted by molar-refractivity contribution is 0.0752. The molecule has 0 N–H and O–H groups in total. The van der Waals surface area contributed by atoms with Crippen molar-refractivity contribution in [1.82, 2.24) is 0 Å². The van der Waals surface area contributed by atoms with Gasteiger partial charge in [0.15, 0.2) is 0 Å². The Hall–Kier alpha value is 0.140. The molecule has 1 aromatic rings. The molecular formula is C12H17BrOS. The van der Waals surface area contributed by atoms with E-state index < -0.39 is 0 Å². The van der Waals surface area contributed by atoms with Crippen LogP contribution in [0.15, 0.2) is 15.9 Å². The van der Waals surface area contributed by atoms with Gasteiger partial charge in [0.05, 0.1) is 6.61 Å². The smallest absolute Gasteiger partial charge is 0.0820 e. The summed E-state index contributed by atoms with van der Waals surface area (Å²) in [5, 5.41) is 2.10. The minimum absolute atomic E-state index is 0.773. The number of rotatable bonds is 4. The quantitative estimate of drug-likeness (QED) is 0.786. The van der Waals surface area contributed by atoms with Gasteiger partial charge in [0.25, 0.3) is 0 Å². The molecule has 0 saturated heterocycles. The molecule has 0 amide bonds. The molecule has 0 aromatic carbocycles. The predicted molar refractivity (Wildman–Crippen MR) is 68.3 cm³/mol. The molecule has 1 aliphatic carbocycles. The summed E-state index contributed by atoms with van der Waals surface area (Å²) in [6.45, 7) is 1.72. The van der Waals surface area contributed by atoms with Crippen molar-refractivity contribution in [3.63, 3.8) is 0 Å². The van der Waals surface area contributed by atoms with Crippen molar-refractivity contribution >= 4 is 27.3 Å². The molecular weight excluding hydrogens is 272 g/mol. The molecule has 1 saturated carbocycles. The van der Waals surface area contributed by atoms with Crippen LogP contribution in [-0.4, -0.2) is 6.61 Å². The first-order chi connectivity index (χ1) is 7.36. The molecule has 1 fully saturated rings. The molecule has 0 aliphatic heterocycles. The highest BCUT2D eigenvalue weighted by molar-refractivity contribution is 9.10. The largest absolute Gasteiger partial charge is 0.376 e. The van der Waals surface area contributed by atoms with Gasteiger partial charge < -0.3 is 4.74 Å². The van der Waals surface area contributed by atoms with Crippen molar-refractivity contribution < 1.29 is 4.74 Å². The fraction of sp³-hybridized carbons (Fsp3) is 0.667. The first kappa shape index (κ1) is 11.6. The summed E-state index contributed by atoms with van der Waals surface area (Å²) in [5.74, 6) is 0.817. The van der Waals surface area contributed by atoms with Crippen LogP contribution in [0.3, 0.4) is 0 Å². The van der Waals surface area contributed by atoms with Crippen molar-refractivity contribution in [2.45, 2.75) is 38.7 Å². The Morgan fingerprint density at radius 1 is 1.33 bits per heavy atom. The minimum Gasteiger partial charge on any atom is -0.376 e. The van der Waals surface area contributed by atoms with E-state index in [0.717, 1.165) is 19.1 Å². The van der Waals surface area contributed by atoms with Gasteiger partial charge >= 0.3 is 0 Å². The normalized spacial score (nSPS) is 18.2. The monoisotopic (exact) mass is 288 g/mol. The molecule has 0 spiro atoms. The van der Waals surface area contributed by atoms with E-state index in [1.165, 1.54) is 41.5 Å². The summed E-state index contributed by atoms with van der Waals surface area (Å²) < 4.78 is 6.97. The van der Waals surface area contributed by atoms with Gasteiger partial charge in [-0.1, -0.05) is 19.3 Å². The molecule has 1 heterocycles. The van der Waals surface area contributed by atoms with Crippen molar-refractivity contribution in [3.05, 3.63) is 20.8 Å². The van der Waals surface area contributed by atoms with Gasteiger partial charge in [-0.25, -0.2) is 0 Å². The van der Waals surface area contributed by atoms with Gasteiger partial charge in [-0.15, -0.1) is 11.3 Å². The van der Waals surface area contributed by atoms with Crippen molar-refractivity contribution in [1.29, 1.82) is 0 Å². The maximum Gasteiger partial charge on any atom is 0.0820 e. The van der Waals surface area contributed by atoms with Crippen molar-refractivity contribution in [2.75, 3.05) is 6.61 Å². The van der Waals surface area contributed by atoms with Gasteiger partial charge in [0.2, 0.25) is 0 Å². The van der Waals surface area contributed by atoms with Crippen LogP contribution in [0.4, 0.5) is 0 Å². The fourth-order valence-electron chi connectivity index (χ4n) is 2.10. The van der Waals surface area contributed by atoms with Gasteiger partial charge in [-0.2, -0.15) is 0 Å². The molecule has 15 heavy (non-hydrogen) atoms. The zero-order chi connectivity index (χ0) is 10.5. The third-order valence-corrected chi connectivity index (χ3v) is 4.90. The zero-order valence-electron chi connectivity index (χ0n) is 8.88. The molecule has 1 aliphatic rings. The molecule has 0 unspecified atom stereocenters. The predicted octanol–water partition coefficient (Wildman–Crippen LogP) is 4.61. The summed E-state index contributed by atoms with van der Waals surface area (Å²) >= 11 is 5.29. The number of hydrogen-bond donors (Lipinski definition) is 0. The van der Waals surface area contributed by atoms with Gasteiger partial charge in [0, 0.05) is 16.0 Å². The average Bonchev–Trinajstić information content (AvgIpc) is 2.66. The van der Waals surface area contributed by atoms with Crippen LogP contribution < -0.4 is 0 Å². The summed E-state index contributed by atoms with van der Waals surface area (Å²) in [7, 11) is 0. The molecule has 0 radical (unpaired) electrons. The van der Waals surface area contributed by atoms with Crippen LogP contribution in [0.25, 0.3) is 0 Å². The Labute approximate surface area is 104 Å². The van der Waals surface area contributed by atoms with E-state index in [9.17, 15) is 0 Å². The van der Waals surface area contributed by atoms with Gasteiger partial charge in [0.1, 0.15) is 0 Å². The number of halogens is 1. The molecule has 1 aromatic heterocycles. The van der Waals surface area contributed by atoms with E-state index in [-0.39, 0.29) is 0 Å². The van der Waals surface area contributed by atoms with Crippen LogP contribution in [0.1, 0.15) is 37.0 Å². The molecule has 84 valence electrons. The number of thiophene rings is 1. The summed E-state index contributed by atoms with van der Waals surface area (Å²) in [4.78, 5) is 1.31. The highest BCUT2D eigenvalue weighted by Crippen LogP contribution is 2.26. The fourth-order valence-corrected chi connectivity index (χ4v) is 3.50. The standard InChI is InChI=1S/C12H17BrOS/c13-11-6-7-15-12(11)9-14-8-10-4-2-1-3-5-10/h6-7,10H,1-5,8-9H2. The second kappa shape index (κ2) is 6.02. The summed E-state index contributed by atoms with van der Waals surface area (Å²) in [6.07, 6.45) is 6.96. The summed E-state index contributed by atoms with van der Waals surface area (Å²) in [6, 6.07) is 2.09. The van der Waals surface area contributed by atoms with Crippen LogP contribution in [0, 0.1) is 5.92 Å². The lowest BCUT2D eigenvalue weighted by Gasteiger charge is -2.21. The molecule has 1 nitrogen and oxygen atoms in total.